The fraction of sp³-hybridized carbons (Fsp3) is 0.765. The molecule has 0 aromatic carbocycles. The molecule has 4 atom stereocenters. The third kappa shape index (κ3) is 3.73. The van der Waals surface area contributed by atoms with Crippen LogP contribution in [0.4, 0.5) is 0 Å². The van der Waals surface area contributed by atoms with Gasteiger partial charge in [0, 0.05) is 26.4 Å². The predicted molar refractivity (Wildman–Crippen MR) is 81.6 cm³/mol. The van der Waals surface area contributed by atoms with Crippen LogP contribution in [0.2, 0.25) is 0 Å². The summed E-state index contributed by atoms with van der Waals surface area (Å²) in [6, 6.07) is 0. The van der Waals surface area contributed by atoms with E-state index in [9.17, 15) is 14.7 Å². The van der Waals surface area contributed by atoms with Crippen LogP contribution in [0.3, 0.4) is 0 Å². The number of aliphatic hydroxyl groups excluding tert-OH is 1. The van der Waals surface area contributed by atoms with E-state index in [0.717, 1.165) is 32.1 Å². The molecule has 4 heteroatoms. The van der Waals surface area contributed by atoms with Crippen molar-refractivity contribution in [2.75, 3.05) is 14.1 Å². The minimum atomic E-state index is -0.451. The van der Waals surface area contributed by atoms with Gasteiger partial charge in [-0.1, -0.05) is 11.6 Å². The largest absolute Gasteiger partial charge is 0.392 e. The molecule has 1 saturated carbocycles. The summed E-state index contributed by atoms with van der Waals surface area (Å²) in [7, 11) is 3.58. The van der Waals surface area contributed by atoms with E-state index in [0.29, 0.717) is 18.3 Å². The van der Waals surface area contributed by atoms with E-state index in [1.165, 1.54) is 5.57 Å². The topological polar surface area (TPSA) is 57.6 Å². The van der Waals surface area contributed by atoms with E-state index in [2.05, 4.69) is 6.08 Å². The third-order valence-corrected chi connectivity index (χ3v) is 4.99. The van der Waals surface area contributed by atoms with E-state index in [1.54, 1.807) is 25.9 Å². The van der Waals surface area contributed by atoms with Crippen LogP contribution in [0.1, 0.15) is 45.4 Å². The van der Waals surface area contributed by atoms with Gasteiger partial charge in [-0.25, -0.2) is 0 Å². The minimum Gasteiger partial charge on any atom is -0.392 e. The number of hydrogen-bond donors (Lipinski definition) is 1. The Morgan fingerprint density at radius 2 is 2.05 bits per heavy atom. The number of fused-ring (bicyclic) bond motifs is 1. The number of amides is 1. The number of carbonyl (C=O) groups excluding carboxylic acids is 2. The van der Waals surface area contributed by atoms with Gasteiger partial charge >= 0.3 is 0 Å². The van der Waals surface area contributed by atoms with Crippen molar-refractivity contribution >= 4 is 11.7 Å². The van der Waals surface area contributed by atoms with Crippen molar-refractivity contribution in [1.29, 1.82) is 0 Å². The SMILES string of the molecule is CC(=O)[C@@H]1C2CC(CCCCC(=O)N(C)C)=C[C@H]2C[C@H]1O. The van der Waals surface area contributed by atoms with Gasteiger partial charge in [0.25, 0.3) is 0 Å². The van der Waals surface area contributed by atoms with Gasteiger partial charge in [-0.2, -0.15) is 0 Å². The number of carbonyl (C=O) groups is 2. The fourth-order valence-corrected chi connectivity index (χ4v) is 3.91. The van der Waals surface area contributed by atoms with Gasteiger partial charge < -0.3 is 10.0 Å². The van der Waals surface area contributed by atoms with Crippen LogP contribution in [0.25, 0.3) is 0 Å². The lowest BCUT2D eigenvalue weighted by atomic mass is 9.87. The van der Waals surface area contributed by atoms with Gasteiger partial charge in [0.2, 0.25) is 5.91 Å². The summed E-state index contributed by atoms with van der Waals surface area (Å²) in [5.74, 6) is 0.843. The standard InChI is InChI=1S/C17H27NO3/c1-11(19)17-14-9-12(8-13(14)10-15(17)20)6-4-5-7-16(21)18(2)3/h8,13-15,17,20H,4-7,9-10H2,1-3H3/t13-,14?,15+,17+/m0/s1. The average Bonchev–Trinajstić information content (AvgIpc) is 2.89. The first-order chi connectivity index (χ1) is 9.90. The molecular weight excluding hydrogens is 266 g/mol. The normalized spacial score (nSPS) is 31.0. The molecule has 2 rings (SSSR count). The average molecular weight is 293 g/mol. The van der Waals surface area contributed by atoms with Gasteiger partial charge in [-0.15, -0.1) is 0 Å². The maximum absolute atomic E-state index is 11.7. The van der Waals surface area contributed by atoms with Crippen LogP contribution >= 0.6 is 0 Å². The number of nitrogens with zero attached hydrogens (tertiary/aromatic N) is 1. The molecule has 0 bridgehead atoms. The molecule has 1 amide bonds. The van der Waals surface area contributed by atoms with Crippen molar-refractivity contribution in [2.45, 2.75) is 51.6 Å². The van der Waals surface area contributed by atoms with Crippen LogP contribution in [-0.4, -0.2) is 41.9 Å². The molecule has 21 heavy (non-hydrogen) atoms. The van der Waals surface area contributed by atoms with Gasteiger partial charge in [-0.3, -0.25) is 9.59 Å². The molecule has 0 aliphatic heterocycles. The fourth-order valence-electron chi connectivity index (χ4n) is 3.91. The molecule has 0 radical (unpaired) electrons. The number of ketones is 1. The molecule has 1 N–H and O–H groups in total. The lowest BCUT2D eigenvalue weighted by molar-refractivity contribution is -0.128. The molecule has 2 aliphatic rings. The summed E-state index contributed by atoms with van der Waals surface area (Å²) in [5.41, 5.74) is 1.42. The highest BCUT2D eigenvalue weighted by molar-refractivity contribution is 5.80. The summed E-state index contributed by atoms with van der Waals surface area (Å²) in [6.45, 7) is 1.60. The quantitative estimate of drug-likeness (QED) is 0.603. The Balaban J connectivity index is 1.77. The number of aliphatic hydroxyl groups is 1. The highest BCUT2D eigenvalue weighted by Gasteiger charge is 2.46. The van der Waals surface area contributed by atoms with Crippen LogP contribution < -0.4 is 0 Å². The molecule has 0 aromatic heterocycles. The zero-order chi connectivity index (χ0) is 15.6. The number of allylic oxidation sites excluding steroid dienone is 2. The van der Waals surface area contributed by atoms with Crippen molar-refractivity contribution < 1.29 is 14.7 Å². The summed E-state index contributed by atoms with van der Waals surface area (Å²) >= 11 is 0. The van der Waals surface area contributed by atoms with E-state index >= 15 is 0 Å². The van der Waals surface area contributed by atoms with Gasteiger partial charge in [0.1, 0.15) is 5.78 Å². The Morgan fingerprint density at radius 1 is 1.33 bits per heavy atom. The summed E-state index contributed by atoms with van der Waals surface area (Å²) in [4.78, 5) is 24.8. The maximum atomic E-state index is 11.7. The Morgan fingerprint density at radius 3 is 2.67 bits per heavy atom. The molecule has 0 heterocycles. The first-order valence-electron chi connectivity index (χ1n) is 7.98. The van der Waals surface area contributed by atoms with E-state index < -0.39 is 6.10 Å². The zero-order valence-electron chi connectivity index (χ0n) is 13.3. The van der Waals surface area contributed by atoms with E-state index in [-0.39, 0.29) is 17.6 Å². The van der Waals surface area contributed by atoms with Crippen molar-refractivity contribution in [3.05, 3.63) is 11.6 Å². The lowest BCUT2D eigenvalue weighted by Crippen LogP contribution is -2.26. The zero-order valence-corrected chi connectivity index (χ0v) is 13.3. The first-order valence-corrected chi connectivity index (χ1v) is 7.98. The highest BCUT2D eigenvalue weighted by Crippen LogP contribution is 2.47. The maximum Gasteiger partial charge on any atom is 0.222 e. The highest BCUT2D eigenvalue weighted by atomic mass is 16.3. The molecule has 1 fully saturated rings. The molecule has 2 aliphatic carbocycles. The lowest BCUT2D eigenvalue weighted by Gasteiger charge is -2.18. The molecule has 0 saturated heterocycles. The Kier molecular flexibility index (Phi) is 5.20. The molecule has 1 unspecified atom stereocenters. The van der Waals surface area contributed by atoms with Gasteiger partial charge in [-0.05, 0) is 50.9 Å². The van der Waals surface area contributed by atoms with Crippen molar-refractivity contribution in [1.82, 2.24) is 4.90 Å². The number of rotatable bonds is 6. The molecule has 4 nitrogen and oxygen atoms in total. The minimum absolute atomic E-state index is 0.126. The summed E-state index contributed by atoms with van der Waals surface area (Å²) < 4.78 is 0. The van der Waals surface area contributed by atoms with E-state index in [1.807, 2.05) is 0 Å². The van der Waals surface area contributed by atoms with Crippen molar-refractivity contribution in [3.63, 3.8) is 0 Å². The van der Waals surface area contributed by atoms with Crippen LogP contribution in [0.5, 0.6) is 0 Å². The van der Waals surface area contributed by atoms with Gasteiger partial charge in [0.15, 0.2) is 0 Å². The van der Waals surface area contributed by atoms with Crippen LogP contribution in [0.15, 0.2) is 11.6 Å². The Hall–Kier alpha value is -1.16. The van der Waals surface area contributed by atoms with E-state index in [4.69, 9.17) is 0 Å². The van der Waals surface area contributed by atoms with Crippen molar-refractivity contribution in [2.24, 2.45) is 17.8 Å². The number of Topliss-reactive ketones (excluding diaryl/α,β-unsaturated/α-hetero) is 1. The van der Waals surface area contributed by atoms with Crippen molar-refractivity contribution in [3.8, 4) is 0 Å². The van der Waals surface area contributed by atoms with Crippen LogP contribution in [0, 0.1) is 17.8 Å². The predicted octanol–water partition coefficient (Wildman–Crippen LogP) is 2.17. The second-order valence-electron chi connectivity index (χ2n) is 6.79. The smallest absolute Gasteiger partial charge is 0.222 e. The second kappa shape index (κ2) is 6.73. The summed E-state index contributed by atoms with van der Waals surface area (Å²) in [5, 5.41) is 9.99. The molecule has 118 valence electrons. The summed E-state index contributed by atoms with van der Waals surface area (Å²) in [6.07, 6.45) is 7.10. The monoisotopic (exact) mass is 293 g/mol. The Bertz CT molecular complexity index is 441. The van der Waals surface area contributed by atoms with Crippen LogP contribution in [-0.2, 0) is 9.59 Å². The number of hydrogen-bond acceptors (Lipinski definition) is 3. The molecule has 0 spiro atoms. The molecule has 0 aromatic rings. The number of unbranched alkanes of at least 4 members (excludes halogenated alkanes) is 1. The second-order valence-corrected chi connectivity index (χ2v) is 6.79. The van der Waals surface area contributed by atoms with Gasteiger partial charge in [0.05, 0.1) is 6.10 Å². The first kappa shape index (κ1) is 16.2. The molecular formula is C17H27NO3. The third-order valence-electron chi connectivity index (χ3n) is 4.99. The Labute approximate surface area is 127 Å².